The molecule has 2 rings (SSSR count). The zero-order chi connectivity index (χ0) is 14.5. The number of pyridine rings is 1. The Morgan fingerprint density at radius 2 is 2.20 bits per heavy atom. The van der Waals surface area contributed by atoms with Crippen LogP contribution in [-0.4, -0.2) is 41.6 Å². The Balaban J connectivity index is 2.20. The number of rotatable bonds is 3. The number of carbonyl (C=O) groups excluding carboxylic acids is 2. The van der Waals surface area contributed by atoms with E-state index in [9.17, 15) is 9.59 Å². The molecule has 6 heteroatoms. The van der Waals surface area contributed by atoms with Crippen LogP contribution in [0.3, 0.4) is 0 Å². The minimum Gasteiger partial charge on any atom is -0.450 e. The molecular weight excluding hydrogens is 258 g/mol. The molecule has 1 aliphatic heterocycles. The minimum absolute atomic E-state index is 0.110. The molecule has 0 radical (unpaired) electrons. The number of ether oxygens (including phenoxy) is 1. The van der Waals surface area contributed by atoms with Gasteiger partial charge in [-0.05, 0) is 31.4 Å². The van der Waals surface area contributed by atoms with E-state index in [0.29, 0.717) is 38.2 Å². The van der Waals surface area contributed by atoms with Crippen molar-refractivity contribution < 1.29 is 14.3 Å². The molecule has 0 bridgehead atoms. The molecule has 6 nitrogen and oxygen atoms in total. The normalized spacial score (nSPS) is 13.6. The fourth-order valence-corrected chi connectivity index (χ4v) is 2.32. The second-order valence-electron chi connectivity index (χ2n) is 4.55. The molecule has 0 aliphatic carbocycles. The Labute approximate surface area is 118 Å². The van der Waals surface area contributed by atoms with E-state index in [-0.39, 0.29) is 12.0 Å². The average Bonchev–Trinajstić information content (AvgIpc) is 2.46. The number of hydrogen-bond acceptors (Lipinski definition) is 4. The third-order valence-corrected chi connectivity index (χ3v) is 3.25. The number of nitrogens with zero attached hydrogens (tertiary/aromatic N) is 2. The van der Waals surface area contributed by atoms with Crippen molar-refractivity contribution in [1.29, 1.82) is 0 Å². The van der Waals surface area contributed by atoms with Gasteiger partial charge in [-0.2, -0.15) is 0 Å². The SMILES string of the molecule is CCNC(=O)c1cncc2c1CCN(C(=O)OCC)C2. The van der Waals surface area contributed by atoms with Gasteiger partial charge in [0.05, 0.1) is 18.7 Å². The third-order valence-electron chi connectivity index (χ3n) is 3.25. The van der Waals surface area contributed by atoms with Crippen molar-refractivity contribution in [2.75, 3.05) is 19.7 Å². The summed E-state index contributed by atoms with van der Waals surface area (Å²) in [6, 6.07) is 0. The van der Waals surface area contributed by atoms with Gasteiger partial charge in [-0.25, -0.2) is 4.79 Å². The van der Waals surface area contributed by atoms with Crippen LogP contribution in [0.1, 0.15) is 35.3 Å². The van der Waals surface area contributed by atoms with Crippen LogP contribution >= 0.6 is 0 Å². The lowest BCUT2D eigenvalue weighted by molar-refractivity contribution is 0.0952. The summed E-state index contributed by atoms with van der Waals surface area (Å²) in [6.07, 6.45) is 3.62. The summed E-state index contributed by atoms with van der Waals surface area (Å²) in [6.45, 7) is 5.60. The van der Waals surface area contributed by atoms with E-state index < -0.39 is 0 Å². The topological polar surface area (TPSA) is 71.5 Å². The van der Waals surface area contributed by atoms with E-state index >= 15 is 0 Å². The van der Waals surface area contributed by atoms with Crippen LogP contribution in [0.15, 0.2) is 12.4 Å². The van der Waals surface area contributed by atoms with E-state index in [2.05, 4.69) is 10.3 Å². The molecule has 2 heterocycles. The van der Waals surface area contributed by atoms with E-state index in [1.165, 1.54) is 0 Å². The van der Waals surface area contributed by atoms with Gasteiger partial charge in [-0.3, -0.25) is 9.78 Å². The van der Waals surface area contributed by atoms with Gasteiger partial charge in [0.1, 0.15) is 0 Å². The molecule has 1 aliphatic rings. The maximum absolute atomic E-state index is 12.0. The van der Waals surface area contributed by atoms with Crippen molar-refractivity contribution in [2.24, 2.45) is 0 Å². The summed E-state index contributed by atoms with van der Waals surface area (Å²) in [7, 11) is 0. The molecule has 1 N–H and O–H groups in total. The Morgan fingerprint density at radius 3 is 2.90 bits per heavy atom. The van der Waals surface area contributed by atoms with Crippen LogP contribution in [0.4, 0.5) is 4.79 Å². The highest BCUT2D eigenvalue weighted by atomic mass is 16.6. The molecular formula is C14H19N3O3. The lowest BCUT2D eigenvalue weighted by Gasteiger charge is -2.28. The first-order valence-electron chi connectivity index (χ1n) is 6.83. The second kappa shape index (κ2) is 6.36. The lowest BCUT2D eigenvalue weighted by atomic mass is 9.97. The van der Waals surface area contributed by atoms with Gasteiger partial charge >= 0.3 is 6.09 Å². The quantitative estimate of drug-likeness (QED) is 0.905. The highest BCUT2D eigenvalue weighted by molar-refractivity contribution is 5.95. The molecule has 0 saturated heterocycles. The Hall–Kier alpha value is -2.11. The summed E-state index contributed by atoms with van der Waals surface area (Å²) >= 11 is 0. The summed E-state index contributed by atoms with van der Waals surface area (Å²) in [5.74, 6) is -0.110. The largest absolute Gasteiger partial charge is 0.450 e. The summed E-state index contributed by atoms with van der Waals surface area (Å²) in [5, 5.41) is 2.78. The van der Waals surface area contributed by atoms with Gasteiger partial charge in [-0.15, -0.1) is 0 Å². The number of nitrogens with one attached hydrogen (secondary N) is 1. The van der Waals surface area contributed by atoms with Crippen LogP contribution in [-0.2, 0) is 17.7 Å². The highest BCUT2D eigenvalue weighted by Gasteiger charge is 2.25. The van der Waals surface area contributed by atoms with E-state index in [1.807, 2.05) is 6.92 Å². The molecule has 0 unspecified atom stereocenters. The lowest BCUT2D eigenvalue weighted by Crippen LogP contribution is -2.37. The first-order chi connectivity index (χ1) is 9.67. The van der Waals surface area contributed by atoms with E-state index in [4.69, 9.17) is 4.74 Å². The first-order valence-corrected chi connectivity index (χ1v) is 6.83. The Bertz CT molecular complexity index is 516. The second-order valence-corrected chi connectivity index (χ2v) is 4.55. The van der Waals surface area contributed by atoms with Crippen LogP contribution in [0.5, 0.6) is 0 Å². The predicted octanol–water partition coefficient (Wildman–Crippen LogP) is 1.35. The summed E-state index contributed by atoms with van der Waals surface area (Å²) in [4.78, 5) is 29.4. The van der Waals surface area contributed by atoms with Crippen molar-refractivity contribution in [1.82, 2.24) is 15.2 Å². The minimum atomic E-state index is -0.318. The summed E-state index contributed by atoms with van der Waals surface area (Å²) < 4.78 is 5.00. The van der Waals surface area contributed by atoms with Crippen molar-refractivity contribution in [3.05, 3.63) is 29.1 Å². The molecule has 108 valence electrons. The molecule has 0 atom stereocenters. The Morgan fingerprint density at radius 1 is 1.40 bits per heavy atom. The highest BCUT2D eigenvalue weighted by Crippen LogP contribution is 2.22. The number of aromatic nitrogens is 1. The van der Waals surface area contributed by atoms with Crippen molar-refractivity contribution in [3.8, 4) is 0 Å². The van der Waals surface area contributed by atoms with E-state index in [1.54, 1.807) is 24.2 Å². The molecule has 1 aromatic heterocycles. The molecule has 20 heavy (non-hydrogen) atoms. The van der Waals surface area contributed by atoms with Gasteiger partial charge in [-0.1, -0.05) is 0 Å². The molecule has 0 spiro atoms. The Kier molecular flexibility index (Phi) is 4.55. The van der Waals surface area contributed by atoms with Crippen LogP contribution in [0.25, 0.3) is 0 Å². The van der Waals surface area contributed by atoms with Crippen LogP contribution in [0, 0.1) is 0 Å². The average molecular weight is 277 g/mol. The molecule has 0 fully saturated rings. The molecule has 0 saturated carbocycles. The van der Waals surface area contributed by atoms with Crippen molar-refractivity contribution >= 4 is 12.0 Å². The maximum atomic E-state index is 12.0. The van der Waals surface area contributed by atoms with Gasteiger partial charge in [0, 0.05) is 25.5 Å². The number of hydrogen-bond donors (Lipinski definition) is 1. The van der Waals surface area contributed by atoms with E-state index in [0.717, 1.165) is 11.1 Å². The van der Waals surface area contributed by atoms with Gasteiger partial charge in [0.2, 0.25) is 0 Å². The van der Waals surface area contributed by atoms with Crippen LogP contribution < -0.4 is 5.32 Å². The number of carbonyl (C=O) groups is 2. The van der Waals surface area contributed by atoms with Crippen molar-refractivity contribution in [3.63, 3.8) is 0 Å². The zero-order valence-corrected chi connectivity index (χ0v) is 11.8. The maximum Gasteiger partial charge on any atom is 0.410 e. The van der Waals surface area contributed by atoms with Crippen LogP contribution in [0.2, 0.25) is 0 Å². The fraction of sp³-hybridized carbons (Fsp3) is 0.500. The number of amides is 2. The van der Waals surface area contributed by atoms with Gasteiger partial charge < -0.3 is 15.0 Å². The monoisotopic (exact) mass is 277 g/mol. The molecule has 1 aromatic rings. The smallest absolute Gasteiger partial charge is 0.410 e. The number of fused-ring (bicyclic) bond motifs is 1. The van der Waals surface area contributed by atoms with Crippen molar-refractivity contribution in [2.45, 2.75) is 26.8 Å². The third kappa shape index (κ3) is 2.89. The zero-order valence-electron chi connectivity index (χ0n) is 11.8. The summed E-state index contributed by atoms with van der Waals surface area (Å²) in [5.41, 5.74) is 2.49. The first kappa shape index (κ1) is 14.3. The molecule has 2 amide bonds. The van der Waals surface area contributed by atoms with Gasteiger partial charge in [0.25, 0.3) is 5.91 Å². The molecule has 0 aromatic carbocycles. The predicted molar refractivity (Wildman–Crippen MR) is 73.4 cm³/mol. The standard InChI is InChI=1S/C14H19N3O3/c1-3-16-13(18)12-8-15-7-10-9-17(6-5-11(10)12)14(19)20-4-2/h7-8H,3-6,9H2,1-2H3,(H,16,18). The van der Waals surface area contributed by atoms with Gasteiger partial charge in [0.15, 0.2) is 0 Å². The fourth-order valence-electron chi connectivity index (χ4n) is 2.32.